The molecule has 3 heteroatoms. The molecule has 0 radical (unpaired) electrons. The Morgan fingerprint density at radius 3 is 2.61 bits per heavy atom. The molecule has 0 aliphatic carbocycles. The summed E-state index contributed by atoms with van der Waals surface area (Å²) in [6.07, 6.45) is 3.89. The molecule has 2 heterocycles. The minimum Gasteiger partial charge on any atom is -0.372 e. The molecule has 0 aromatic heterocycles. The quantitative estimate of drug-likeness (QED) is 0.823. The highest BCUT2D eigenvalue weighted by atomic mass is 16.2. The number of hydrogen-bond acceptors (Lipinski definition) is 2. The van der Waals surface area contributed by atoms with E-state index in [9.17, 15) is 4.79 Å². The van der Waals surface area contributed by atoms with E-state index in [1.165, 1.54) is 24.9 Å². The summed E-state index contributed by atoms with van der Waals surface area (Å²) in [5.41, 5.74) is 2.97. The van der Waals surface area contributed by atoms with Gasteiger partial charge in [-0.05, 0) is 56.9 Å². The van der Waals surface area contributed by atoms with Crippen LogP contribution in [0, 0.1) is 0 Å². The lowest BCUT2D eigenvalue weighted by Gasteiger charge is -2.29. The van der Waals surface area contributed by atoms with Crippen LogP contribution in [-0.4, -0.2) is 19.0 Å². The van der Waals surface area contributed by atoms with Crippen LogP contribution in [0.15, 0.2) is 18.2 Å². The van der Waals surface area contributed by atoms with Gasteiger partial charge in [0.1, 0.15) is 0 Å². The first kappa shape index (κ1) is 11.6. The van der Waals surface area contributed by atoms with Crippen molar-refractivity contribution in [3.63, 3.8) is 0 Å². The molecule has 1 N–H and O–H groups in total. The van der Waals surface area contributed by atoms with Gasteiger partial charge in [0.05, 0.1) is 5.41 Å². The summed E-state index contributed by atoms with van der Waals surface area (Å²) < 4.78 is 0. The topological polar surface area (TPSA) is 32.3 Å². The molecule has 96 valence electrons. The van der Waals surface area contributed by atoms with Crippen LogP contribution in [0.1, 0.15) is 38.7 Å². The van der Waals surface area contributed by atoms with Crippen LogP contribution in [0.4, 0.5) is 11.4 Å². The van der Waals surface area contributed by atoms with E-state index < -0.39 is 5.41 Å². The largest absolute Gasteiger partial charge is 0.372 e. The fourth-order valence-corrected chi connectivity index (χ4v) is 2.91. The van der Waals surface area contributed by atoms with Gasteiger partial charge in [0.25, 0.3) is 0 Å². The molecule has 1 amide bonds. The van der Waals surface area contributed by atoms with Gasteiger partial charge in [-0.1, -0.05) is 0 Å². The number of rotatable bonds is 1. The van der Waals surface area contributed by atoms with Gasteiger partial charge in [0.2, 0.25) is 5.91 Å². The molecule has 18 heavy (non-hydrogen) atoms. The predicted molar refractivity (Wildman–Crippen MR) is 74.2 cm³/mol. The summed E-state index contributed by atoms with van der Waals surface area (Å²) >= 11 is 0. The number of nitrogens with zero attached hydrogens (tertiary/aromatic N) is 1. The maximum atomic E-state index is 11.9. The number of piperidine rings is 1. The molecule has 2 aliphatic rings. The smallest absolute Gasteiger partial charge is 0.234 e. The van der Waals surface area contributed by atoms with Crippen LogP contribution < -0.4 is 10.2 Å². The first-order chi connectivity index (χ1) is 8.59. The second kappa shape index (κ2) is 4.01. The molecule has 0 saturated carbocycles. The highest BCUT2D eigenvalue weighted by Gasteiger charge is 2.38. The van der Waals surface area contributed by atoms with Crippen LogP contribution in [-0.2, 0) is 10.2 Å². The second-order valence-corrected chi connectivity index (χ2v) is 5.86. The molecular weight excluding hydrogens is 224 g/mol. The fraction of sp³-hybridized carbons (Fsp3) is 0.533. The highest BCUT2D eigenvalue weighted by molar-refractivity contribution is 6.06. The first-order valence-corrected chi connectivity index (χ1v) is 6.80. The van der Waals surface area contributed by atoms with Gasteiger partial charge >= 0.3 is 0 Å². The third kappa shape index (κ3) is 1.69. The van der Waals surface area contributed by atoms with Crippen LogP contribution in [0.5, 0.6) is 0 Å². The van der Waals surface area contributed by atoms with E-state index in [1.54, 1.807) is 0 Å². The molecule has 0 unspecified atom stereocenters. The molecule has 1 fully saturated rings. The molecule has 0 atom stereocenters. The minimum atomic E-state index is -0.402. The Morgan fingerprint density at radius 2 is 1.89 bits per heavy atom. The summed E-state index contributed by atoms with van der Waals surface area (Å²) in [6.45, 7) is 6.27. The third-order valence-corrected chi connectivity index (χ3v) is 4.21. The minimum absolute atomic E-state index is 0.105. The van der Waals surface area contributed by atoms with Gasteiger partial charge in [0.15, 0.2) is 0 Å². The number of fused-ring (bicyclic) bond motifs is 1. The summed E-state index contributed by atoms with van der Waals surface area (Å²) in [5, 5.41) is 2.96. The molecule has 0 spiro atoms. The third-order valence-electron chi connectivity index (χ3n) is 4.21. The van der Waals surface area contributed by atoms with Crippen LogP contribution in [0.25, 0.3) is 0 Å². The molecule has 1 aromatic carbocycles. The van der Waals surface area contributed by atoms with Crippen molar-refractivity contribution < 1.29 is 4.79 Å². The lowest BCUT2D eigenvalue weighted by atomic mass is 9.86. The standard InChI is InChI=1S/C15H20N2O/c1-15(2)12-10-11(17-8-4-3-5-9-17)6-7-13(12)16-14(15)18/h6-7,10H,3-5,8-9H2,1-2H3,(H,16,18). The Morgan fingerprint density at radius 1 is 1.17 bits per heavy atom. The SMILES string of the molecule is CC1(C)C(=O)Nc2ccc(N3CCCCC3)cc21. The van der Waals surface area contributed by atoms with Gasteiger partial charge < -0.3 is 10.2 Å². The molecule has 1 aromatic rings. The second-order valence-electron chi connectivity index (χ2n) is 5.86. The van der Waals surface area contributed by atoms with E-state index in [2.05, 4.69) is 22.3 Å². The van der Waals surface area contributed by atoms with Crippen molar-refractivity contribution in [3.05, 3.63) is 23.8 Å². The number of hydrogen-bond donors (Lipinski definition) is 1. The predicted octanol–water partition coefficient (Wildman–Crippen LogP) is 2.91. The lowest BCUT2D eigenvalue weighted by molar-refractivity contribution is -0.119. The maximum absolute atomic E-state index is 11.9. The number of carbonyl (C=O) groups excluding carboxylic acids is 1. The monoisotopic (exact) mass is 244 g/mol. The zero-order chi connectivity index (χ0) is 12.8. The van der Waals surface area contributed by atoms with Crippen molar-refractivity contribution in [3.8, 4) is 0 Å². The number of anilines is 2. The average Bonchev–Trinajstić information content (AvgIpc) is 2.61. The highest BCUT2D eigenvalue weighted by Crippen LogP contribution is 2.39. The summed E-state index contributed by atoms with van der Waals surface area (Å²) in [4.78, 5) is 14.3. The van der Waals surface area contributed by atoms with Gasteiger partial charge in [0, 0.05) is 24.5 Å². The molecular formula is C15H20N2O. The molecule has 2 aliphatic heterocycles. The average molecular weight is 244 g/mol. The Hall–Kier alpha value is -1.51. The van der Waals surface area contributed by atoms with Crippen molar-refractivity contribution in [1.82, 2.24) is 0 Å². The van der Waals surface area contributed by atoms with Gasteiger partial charge in [-0.3, -0.25) is 4.79 Å². The normalized spacial score (nSPS) is 21.7. The first-order valence-electron chi connectivity index (χ1n) is 6.80. The maximum Gasteiger partial charge on any atom is 0.234 e. The molecule has 3 nitrogen and oxygen atoms in total. The lowest BCUT2D eigenvalue weighted by Crippen LogP contribution is -2.30. The number of amides is 1. The number of carbonyl (C=O) groups is 1. The number of nitrogens with one attached hydrogen (secondary N) is 1. The van der Waals surface area contributed by atoms with E-state index in [0.717, 1.165) is 24.3 Å². The van der Waals surface area contributed by atoms with Gasteiger partial charge in [-0.2, -0.15) is 0 Å². The van der Waals surface area contributed by atoms with E-state index in [0.29, 0.717) is 0 Å². The summed E-state index contributed by atoms with van der Waals surface area (Å²) in [6, 6.07) is 6.37. The van der Waals surface area contributed by atoms with E-state index in [1.807, 2.05) is 19.9 Å². The van der Waals surface area contributed by atoms with Crippen molar-refractivity contribution in [2.24, 2.45) is 0 Å². The Bertz CT molecular complexity index is 487. The van der Waals surface area contributed by atoms with Crippen LogP contribution in [0.2, 0.25) is 0 Å². The van der Waals surface area contributed by atoms with Crippen molar-refractivity contribution in [2.45, 2.75) is 38.5 Å². The zero-order valence-corrected chi connectivity index (χ0v) is 11.1. The number of benzene rings is 1. The Labute approximate surface area is 108 Å². The van der Waals surface area contributed by atoms with Crippen molar-refractivity contribution >= 4 is 17.3 Å². The van der Waals surface area contributed by atoms with Crippen molar-refractivity contribution in [2.75, 3.05) is 23.3 Å². The zero-order valence-electron chi connectivity index (χ0n) is 11.1. The van der Waals surface area contributed by atoms with Crippen LogP contribution in [0.3, 0.4) is 0 Å². The van der Waals surface area contributed by atoms with E-state index >= 15 is 0 Å². The molecule has 0 bridgehead atoms. The van der Waals surface area contributed by atoms with E-state index in [4.69, 9.17) is 0 Å². The summed E-state index contributed by atoms with van der Waals surface area (Å²) in [7, 11) is 0. The van der Waals surface area contributed by atoms with Crippen LogP contribution >= 0.6 is 0 Å². The van der Waals surface area contributed by atoms with Gasteiger partial charge in [-0.15, -0.1) is 0 Å². The fourth-order valence-electron chi connectivity index (χ4n) is 2.91. The van der Waals surface area contributed by atoms with E-state index in [-0.39, 0.29) is 5.91 Å². The molecule has 3 rings (SSSR count). The Balaban J connectivity index is 1.96. The van der Waals surface area contributed by atoms with Crippen molar-refractivity contribution in [1.29, 1.82) is 0 Å². The summed E-state index contributed by atoms with van der Waals surface area (Å²) in [5.74, 6) is 0.105. The Kier molecular flexibility index (Phi) is 2.58. The van der Waals surface area contributed by atoms with Gasteiger partial charge in [-0.25, -0.2) is 0 Å². The molecule has 1 saturated heterocycles.